The van der Waals surface area contributed by atoms with E-state index in [1.807, 2.05) is 0 Å². The molecule has 0 bridgehead atoms. The Labute approximate surface area is 88.1 Å². The molecule has 0 amide bonds. The van der Waals surface area contributed by atoms with Gasteiger partial charge in [0.25, 0.3) is 0 Å². The molecule has 0 rings (SSSR count). The van der Waals surface area contributed by atoms with E-state index in [4.69, 9.17) is 0 Å². The van der Waals surface area contributed by atoms with E-state index in [0.717, 1.165) is 0 Å². The van der Waals surface area contributed by atoms with E-state index in [9.17, 15) is 0 Å². The average Bonchev–Trinajstić information content (AvgIpc) is 2.16. The SMILES string of the molecule is CCCCCCCPPCCCC. The molecule has 2 unspecified atom stereocenters. The van der Waals surface area contributed by atoms with Crippen LogP contribution in [0.25, 0.3) is 0 Å². The van der Waals surface area contributed by atoms with Gasteiger partial charge >= 0.3 is 0 Å². The van der Waals surface area contributed by atoms with Gasteiger partial charge < -0.3 is 0 Å². The summed E-state index contributed by atoms with van der Waals surface area (Å²) in [5, 5.41) is 0. The molecular formula is C11H26P2. The van der Waals surface area contributed by atoms with Crippen molar-refractivity contribution in [3.8, 4) is 0 Å². The molecule has 0 radical (unpaired) electrons. The highest BCUT2D eigenvalue weighted by atomic mass is 32.0. The molecule has 0 aliphatic carbocycles. The van der Waals surface area contributed by atoms with Gasteiger partial charge in [0.15, 0.2) is 0 Å². The number of hydrogen-bond donors (Lipinski definition) is 0. The molecule has 2 atom stereocenters. The zero-order valence-corrected chi connectivity index (χ0v) is 11.4. The van der Waals surface area contributed by atoms with Crippen molar-refractivity contribution in [3.63, 3.8) is 0 Å². The Morgan fingerprint density at radius 3 is 1.77 bits per heavy atom. The summed E-state index contributed by atoms with van der Waals surface area (Å²) in [5.41, 5.74) is 0. The molecule has 2 heteroatoms. The quantitative estimate of drug-likeness (QED) is 0.358. The van der Waals surface area contributed by atoms with Crippen molar-refractivity contribution in [2.24, 2.45) is 0 Å². The lowest BCUT2D eigenvalue weighted by atomic mass is 10.2. The minimum atomic E-state index is 1.28. The lowest BCUT2D eigenvalue weighted by Crippen LogP contribution is -1.78. The average molecular weight is 220 g/mol. The van der Waals surface area contributed by atoms with E-state index >= 15 is 0 Å². The molecule has 0 N–H and O–H groups in total. The molecule has 0 aromatic carbocycles. The molecule has 0 nitrogen and oxygen atoms in total. The van der Waals surface area contributed by atoms with Crippen molar-refractivity contribution < 1.29 is 0 Å². The standard InChI is InChI=1S/C11H26P2/c1-3-5-7-8-9-11-13-12-10-6-4-2/h12-13H,3-11H2,1-2H3. The summed E-state index contributed by atoms with van der Waals surface area (Å²) in [6.45, 7) is 4.58. The molecule has 0 spiro atoms. The highest BCUT2D eigenvalue weighted by Gasteiger charge is 1.90. The Morgan fingerprint density at radius 1 is 0.615 bits per heavy atom. The van der Waals surface area contributed by atoms with Gasteiger partial charge in [-0.05, 0) is 25.2 Å². The predicted octanol–water partition coefficient (Wildman–Crippen LogP) is 5.03. The third kappa shape index (κ3) is 12.9. The van der Waals surface area contributed by atoms with Crippen LogP contribution < -0.4 is 0 Å². The van der Waals surface area contributed by atoms with Crippen LogP contribution in [0.3, 0.4) is 0 Å². The van der Waals surface area contributed by atoms with E-state index in [0.29, 0.717) is 0 Å². The molecule has 0 saturated carbocycles. The molecular weight excluding hydrogens is 194 g/mol. The van der Waals surface area contributed by atoms with Crippen LogP contribution in [0.15, 0.2) is 0 Å². The monoisotopic (exact) mass is 220 g/mol. The molecule has 0 fully saturated rings. The molecule has 0 aliphatic heterocycles. The first-order valence-electron chi connectivity index (χ1n) is 5.87. The van der Waals surface area contributed by atoms with Crippen LogP contribution in [0, 0.1) is 0 Å². The van der Waals surface area contributed by atoms with E-state index < -0.39 is 0 Å². The minimum Gasteiger partial charge on any atom is -0.0992 e. The molecule has 80 valence electrons. The van der Waals surface area contributed by atoms with Gasteiger partial charge in [-0.2, -0.15) is 0 Å². The minimum absolute atomic E-state index is 1.28. The molecule has 0 heterocycles. The lowest BCUT2D eigenvalue weighted by molar-refractivity contribution is 0.659. The van der Waals surface area contributed by atoms with Crippen LogP contribution in [0.5, 0.6) is 0 Å². The molecule has 0 aliphatic rings. The molecule has 0 saturated heterocycles. The highest BCUT2D eigenvalue weighted by Crippen LogP contribution is 2.37. The van der Waals surface area contributed by atoms with Crippen molar-refractivity contribution in [1.82, 2.24) is 0 Å². The molecule has 0 aromatic rings. The van der Waals surface area contributed by atoms with Gasteiger partial charge in [0.1, 0.15) is 0 Å². The normalized spacial score (nSPS) is 12.5. The summed E-state index contributed by atoms with van der Waals surface area (Å²) in [6.07, 6.45) is 13.1. The fourth-order valence-corrected chi connectivity index (χ4v) is 4.69. The fourth-order valence-electron chi connectivity index (χ4n) is 1.26. The second kappa shape index (κ2) is 12.9. The van der Waals surface area contributed by atoms with Crippen molar-refractivity contribution >= 4 is 16.5 Å². The van der Waals surface area contributed by atoms with Gasteiger partial charge in [0, 0.05) is 0 Å². The van der Waals surface area contributed by atoms with Gasteiger partial charge in [-0.25, -0.2) is 0 Å². The summed E-state index contributed by atoms with van der Waals surface area (Å²) in [5.74, 6) is 0. The maximum absolute atomic E-state index is 2.29. The van der Waals surface area contributed by atoms with Crippen molar-refractivity contribution in [1.29, 1.82) is 0 Å². The summed E-state index contributed by atoms with van der Waals surface area (Å²) in [6, 6.07) is 0. The number of rotatable bonds is 10. The number of hydrogen-bond acceptors (Lipinski definition) is 0. The van der Waals surface area contributed by atoms with Crippen LogP contribution in [0.4, 0.5) is 0 Å². The Hall–Kier alpha value is 0.860. The summed E-state index contributed by atoms with van der Waals surface area (Å²) >= 11 is 0. The van der Waals surface area contributed by atoms with E-state index in [1.165, 1.54) is 73.8 Å². The van der Waals surface area contributed by atoms with Gasteiger partial charge in [0.2, 0.25) is 0 Å². The van der Waals surface area contributed by atoms with Crippen molar-refractivity contribution in [2.45, 2.75) is 58.8 Å². The summed E-state index contributed by atoms with van der Waals surface area (Å²) < 4.78 is 0. The zero-order valence-electron chi connectivity index (χ0n) is 9.36. The maximum Gasteiger partial charge on any atom is -0.0317 e. The van der Waals surface area contributed by atoms with Gasteiger partial charge in [-0.15, -0.1) is 0 Å². The fraction of sp³-hybridized carbons (Fsp3) is 1.00. The number of unbranched alkanes of at least 4 members (excludes halogenated alkanes) is 5. The van der Waals surface area contributed by atoms with Crippen LogP contribution in [-0.4, -0.2) is 12.3 Å². The smallest absolute Gasteiger partial charge is 0.0317 e. The van der Waals surface area contributed by atoms with Gasteiger partial charge in [-0.3, -0.25) is 0 Å². The van der Waals surface area contributed by atoms with Crippen molar-refractivity contribution in [3.05, 3.63) is 0 Å². The molecule has 13 heavy (non-hydrogen) atoms. The maximum atomic E-state index is 2.29. The molecule has 0 aromatic heterocycles. The van der Waals surface area contributed by atoms with Crippen LogP contribution >= 0.6 is 16.5 Å². The predicted molar refractivity (Wildman–Crippen MR) is 70.0 cm³/mol. The van der Waals surface area contributed by atoms with Crippen LogP contribution in [0.1, 0.15) is 58.8 Å². The summed E-state index contributed by atoms with van der Waals surface area (Å²) in [7, 11) is 2.56. The van der Waals surface area contributed by atoms with E-state index in [-0.39, 0.29) is 0 Å². The first-order valence-corrected chi connectivity index (χ1v) is 9.29. The highest BCUT2D eigenvalue weighted by molar-refractivity contribution is 8.11. The Kier molecular flexibility index (Phi) is 13.7. The first kappa shape index (κ1) is 13.9. The van der Waals surface area contributed by atoms with Crippen LogP contribution in [-0.2, 0) is 0 Å². The van der Waals surface area contributed by atoms with Gasteiger partial charge in [0.05, 0.1) is 0 Å². The third-order valence-electron chi connectivity index (χ3n) is 2.19. The Bertz CT molecular complexity index is 74.2. The first-order chi connectivity index (χ1) is 6.41. The van der Waals surface area contributed by atoms with E-state index in [2.05, 4.69) is 13.8 Å². The zero-order chi connectivity index (χ0) is 9.78. The van der Waals surface area contributed by atoms with Crippen molar-refractivity contribution in [2.75, 3.05) is 12.3 Å². The third-order valence-corrected chi connectivity index (χ3v) is 5.89. The Balaban J connectivity index is 2.76. The van der Waals surface area contributed by atoms with Gasteiger partial charge in [-0.1, -0.05) is 62.5 Å². The Morgan fingerprint density at radius 2 is 1.15 bits per heavy atom. The lowest BCUT2D eigenvalue weighted by Gasteiger charge is -2.01. The second-order valence-electron chi connectivity index (χ2n) is 3.62. The van der Waals surface area contributed by atoms with E-state index in [1.54, 1.807) is 0 Å². The summed E-state index contributed by atoms with van der Waals surface area (Å²) in [4.78, 5) is 0. The topological polar surface area (TPSA) is 0 Å². The largest absolute Gasteiger partial charge is 0.0992 e. The second-order valence-corrected chi connectivity index (χ2v) is 7.45. The van der Waals surface area contributed by atoms with Crippen LogP contribution in [0.2, 0.25) is 0 Å².